The molecule has 1 aromatic heterocycles. The Hall–Kier alpha value is -1.92. The van der Waals surface area contributed by atoms with Crippen LogP contribution in [0.5, 0.6) is 0 Å². The summed E-state index contributed by atoms with van der Waals surface area (Å²) in [5, 5.41) is 2.76. The van der Waals surface area contributed by atoms with Crippen molar-refractivity contribution in [2.45, 2.75) is 19.5 Å². The van der Waals surface area contributed by atoms with Gasteiger partial charge in [0, 0.05) is 13.1 Å². The third kappa shape index (κ3) is 5.04. The van der Waals surface area contributed by atoms with Gasteiger partial charge in [-0.1, -0.05) is 36.4 Å². The lowest BCUT2D eigenvalue weighted by atomic mass is 10.2. The summed E-state index contributed by atoms with van der Waals surface area (Å²) in [6, 6.07) is 12.7. The predicted molar refractivity (Wildman–Crippen MR) is 101 cm³/mol. The van der Waals surface area contributed by atoms with Gasteiger partial charge in [0.05, 0.1) is 8.66 Å². The zero-order valence-corrected chi connectivity index (χ0v) is 15.8. The number of nitrogens with zero attached hydrogens (tertiary/aromatic N) is 1. The molecule has 0 aliphatic carbocycles. The van der Waals surface area contributed by atoms with E-state index in [-0.39, 0.29) is 11.8 Å². The van der Waals surface area contributed by atoms with E-state index in [1.165, 1.54) is 11.3 Å². The quantitative estimate of drug-likeness (QED) is 0.709. The van der Waals surface area contributed by atoms with Crippen molar-refractivity contribution in [1.29, 1.82) is 0 Å². The first-order valence-corrected chi connectivity index (χ1v) is 9.12. The number of amides is 2. The van der Waals surface area contributed by atoms with Crippen LogP contribution in [0.4, 0.5) is 0 Å². The maximum atomic E-state index is 12.7. The number of hydrogen-bond acceptors (Lipinski definition) is 3. The molecule has 0 radical (unpaired) electrons. The van der Waals surface area contributed by atoms with Crippen LogP contribution in [0.3, 0.4) is 0 Å². The molecule has 24 heavy (non-hydrogen) atoms. The number of carbonyl (C=O) groups excluding carboxylic acids is 2. The molecule has 0 saturated heterocycles. The lowest BCUT2D eigenvalue weighted by Gasteiger charge is -2.25. The number of carbonyl (C=O) groups is 2. The minimum Gasteiger partial charge on any atom is -0.340 e. The summed E-state index contributed by atoms with van der Waals surface area (Å²) in [6.07, 6.45) is 1.69. The second-order valence-corrected chi connectivity index (χ2v) is 7.75. The van der Waals surface area contributed by atoms with Crippen molar-refractivity contribution in [1.82, 2.24) is 10.2 Å². The fourth-order valence-corrected chi connectivity index (χ4v) is 3.52. The SMILES string of the molecule is C=CCN(Cc1ccccc1)C(=O)C(C)NC(=O)c1ccc(Br)s1. The van der Waals surface area contributed by atoms with E-state index in [0.717, 1.165) is 9.35 Å². The molecule has 1 aromatic carbocycles. The van der Waals surface area contributed by atoms with Crippen LogP contribution in [0.2, 0.25) is 0 Å². The van der Waals surface area contributed by atoms with Crippen LogP contribution in [0.1, 0.15) is 22.2 Å². The van der Waals surface area contributed by atoms with Gasteiger partial charge in [-0.3, -0.25) is 9.59 Å². The Kier molecular flexibility index (Phi) is 6.75. The third-order valence-corrected chi connectivity index (χ3v) is 5.01. The summed E-state index contributed by atoms with van der Waals surface area (Å²) in [4.78, 5) is 27.1. The lowest BCUT2D eigenvalue weighted by molar-refractivity contribution is -0.132. The van der Waals surface area contributed by atoms with Gasteiger partial charge in [-0.05, 0) is 40.5 Å². The Labute approximate surface area is 154 Å². The summed E-state index contributed by atoms with van der Waals surface area (Å²) < 4.78 is 0.879. The standard InChI is InChI=1S/C18H19BrN2O2S/c1-3-11-21(12-14-7-5-4-6-8-14)18(23)13(2)20-17(22)15-9-10-16(19)24-15/h3-10,13H,1,11-12H2,2H3,(H,20,22). The first kappa shape index (κ1) is 18.4. The number of nitrogens with one attached hydrogen (secondary N) is 1. The molecule has 1 N–H and O–H groups in total. The van der Waals surface area contributed by atoms with Crippen LogP contribution in [0, 0.1) is 0 Å². The molecule has 2 amide bonds. The van der Waals surface area contributed by atoms with Gasteiger partial charge in [0.2, 0.25) is 5.91 Å². The smallest absolute Gasteiger partial charge is 0.262 e. The molecule has 0 spiro atoms. The topological polar surface area (TPSA) is 49.4 Å². The maximum Gasteiger partial charge on any atom is 0.262 e. The number of benzene rings is 1. The van der Waals surface area contributed by atoms with Gasteiger partial charge in [0.25, 0.3) is 5.91 Å². The van der Waals surface area contributed by atoms with Gasteiger partial charge in [-0.15, -0.1) is 17.9 Å². The largest absolute Gasteiger partial charge is 0.340 e. The van der Waals surface area contributed by atoms with Crippen molar-refractivity contribution in [3.63, 3.8) is 0 Å². The number of halogens is 1. The van der Waals surface area contributed by atoms with Gasteiger partial charge in [-0.2, -0.15) is 0 Å². The molecular formula is C18H19BrN2O2S. The Balaban J connectivity index is 2.02. The van der Waals surface area contributed by atoms with E-state index >= 15 is 0 Å². The third-order valence-electron chi connectivity index (χ3n) is 3.39. The van der Waals surface area contributed by atoms with Gasteiger partial charge < -0.3 is 10.2 Å². The fraction of sp³-hybridized carbons (Fsp3) is 0.222. The molecule has 0 saturated carbocycles. The second kappa shape index (κ2) is 8.80. The van der Waals surface area contributed by atoms with Crippen molar-refractivity contribution >= 4 is 39.1 Å². The van der Waals surface area contributed by atoms with Crippen LogP contribution in [0.15, 0.2) is 58.9 Å². The minimum atomic E-state index is -0.609. The van der Waals surface area contributed by atoms with Crippen LogP contribution in [0.25, 0.3) is 0 Å². The highest BCUT2D eigenvalue weighted by Crippen LogP contribution is 2.22. The molecule has 0 aliphatic rings. The average molecular weight is 407 g/mol. The molecule has 1 heterocycles. The van der Waals surface area contributed by atoms with Crippen LogP contribution >= 0.6 is 27.3 Å². The van der Waals surface area contributed by atoms with Gasteiger partial charge in [0.15, 0.2) is 0 Å². The van der Waals surface area contributed by atoms with E-state index in [2.05, 4.69) is 27.8 Å². The first-order valence-electron chi connectivity index (χ1n) is 7.51. The van der Waals surface area contributed by atoms with Crippen molar-refractivity contribution < 1.29 is 9.59 Å². The molecule has 1 atom stereocenters. The molecule has 2 aromatic rings. The fourth-order valence-electron chi connectivity index (χ4n) is 2.23. The van der Waals surface area contributed by atoms with E-state index in [1.807, 2.05) is 36.4 Å². The Bertz CT molecular complexity index is 715. The van der Waals surface area contributed by atoms with Gasteiger partial charge in [0.1, 0.15) is 6.04 Å². The maximum absolute atomic E-state index is 12.7. The van der Waals surface area contributed by atoms with E-state index in [0.29, 0.717) is 18.0 Å². The monoisotopic (exact) mass is 406 g/mol. The number of hydrogen-bond donors (Lipinski definition) is 1. The summed E-state index contributed by atoms with van der Waals surface area (Å²) in [5.41, 5.74) is 1.04. The first-order chi connectivity index (χ1) is 11.5. The zero-order chi connectivity index (χ0) is 17.5. The highest BCUT2D eigenvalue weighted by molar-refractivity contribution is 9.11. The van der Waals surface area contributed by atoms with E-state index in [4.69, 9.17) is 0 Å². The van der Waals surface area contributed by atoms with Gasteiger partial charge in [-0.25, -0.2) is 0 Å². The zero-order valence-electron chi connectivity index (χ0n) is 13.4. The Morgan fingerprint density at radius 2 is 2.00 bits per heavy atom. The molecule has 4 nitrogen and oxygen atoms in total. The molecule has 2 rings (SSSR count). The molecule has 0 fully saturated rings. The summed E-state index contributed by atoms with van der Waals surface area (Å²) in [6.45, 7) is 6.32. The van der Waals surface area contributed by atoms with E-state index in [9.17, 15) is 9.59 Å². The summed E-state index contributed by atoms with van der Waals surface area (Å²) in [7, 11) is 0. The molecule has 126 valence electrons. The van der Waals surface area contributed by atoms with E-state index < -0.39 is 6.04 Å². The van der Waals surface area contributed by atoms with Crippen molar-refractivity contribution in [2.24, 2.45) is 0 Å². The molecular weight excluding hydrogens is 388 g/mol. The van der Waals surface area contributed by atoms with E-state index in [1.54, 1.807) is 24.0 Å². The Morgan fingerprint density at radius 3 is 2.58 bits per heavy atom. The molecule has 0 aliphatic heterocycles. The van der Waals surface area contributed by atoms with Crippen LogP contribution in [-0.4, -0.2) is 29.3 Å². The normalized spacial score (nSPS) is 11.6. The lowest BCUT2D eigenvalue weighted by Crippen LogP contribution is -2.46. The second-order valence-electron chi connectivity index (χ2n) is 5.29. The van der Waals surface area contributed by atoms with Crippen molar-refractivity contribution in [3.8, 4) is 0 Å². The van der Waals surface area contributed by atoms with Crippen LogP contribution in [-0.2, 0) is 11.3 Å². The number of thiophene rings is 1. The van der Waals surface area contributed by atoms with Crippen LogP contribution < -0.4 is 5.32 Å². The number of rotatable bonds is 7. The highest BCUT2D eigenvalue weighted by Gasteiger charge is 2.22. The Morgan fingerprint density at radius 1 is 1.29 bits per heavy atom. The molecule has 6 heteroatoms. The highest BCUT2D eigenvalue weighted by atomic mass is 79.9. The average Bonchev–Trinajstić information content (AvgIpc) is 3.01. The van der Waals surface area contributed by atoms with Crippen molar-refractivity contribution in [2.75, 3.05) is 6.54 Å². The molecule has 1 unspecified atom stereocenters. The van der Waals surface area contributed by atoms with Gasteiger partial charge >= 0.3 is 0 Å². The molecule has 0 bridgehead atoms. The summed E-state index contributed by atoms with van der Waals surface area (Å²) >= 11 is 4.66. The summed E-state index contributed by atoms with van der Waals surface area (Å²) in [5.74, 6) is -0.382. The van der Waals surface area contributed by atoms with Crippen molar-refractivity contribution in [3.05, 3.63) is 69.3 Å². The predicted octanol–water partition coefficient (Wildman–Crippen LogP) is 3.84. The minimum absolute atomic E-state index is 0.136.